The summed E-state index contributed by atoms with van der Waals surface area (Å²) in [6.45, 7) is 39.8. The van der Waals surface area contributed by atoms with E-state index < -0.39 is 57.2 Å². The highest BCUT2D eigenvalue weighted by Gasteiger charge is 2.45. The first-order chi connectivity index (χ1) is 61.1. The fraction of sp³-hybridized carbons (Fsp3) is 0.882. The number of hydrogen-bond acceptors (Lipinski definition) is 21. The molecular weight excluding hydrogens is 1640 g/mol. The third-order valence-corrected chi connectivity index (χ3v) is 27.2. The third kappa shape index (κ3) is 54.0. The number of carbonyl (C=O) groups is 12. The van der Waals surface area contributed by atoms with Gasteiger partial charge in [0.2, 0.25) is 41.4 Å². The van der Waals surface area contributed by atoms with Crippen LogP contribution in [0.15, 0.2) is 0 Å². The number of carbonyl (C=O) groups excluding carboxylic acids is 12. The van der Waals surface area contributed by atoms with Gasteiger partial charge in [-0.3, -0.25) is 57.5 Å². The van der Waals surface area contributed by atoms with E-state index in [9.17, 15) is 57.5 Å². The summed E-state index contributed by atoms with van der Waals surface area (Å²) < 4.78 is 5.78. The molecule has 2 aliphatic rings. The van der Waals surface area contributed by atoms with E-state index in [1.54, 1.807) is 41.5 Å². The quantitative estimate of drug-likeness (QED) is 0.0220. The van der Waals surface area contributed by atoms with Crippen molar-refractivity contribution in [1.82, 2.24) is 76.4 Å². The van der Waals surface area contributed by atoms with Crippen LogP contribution in [0.3, 0.4) is 0 Å². The second kappa shape index (κ2) is 66.5. The molecule has 756 valence electrons. The van der Waals surface area contributed by atoms with Crippen molar-refractivity contribution in [1.29, 1.82) is 0 Å². The van der Waals surface area contributed by atoms with Gasteiger partial charge in [0.25, 0.3) is 0 Å². The van der Waals surface area contributed by atoms with Crippen molar-refractivity contribution in [3.63, 3.8) is 0 Å². The Bertz CT molecular complexity index is 3030. The van der Waals surface area contributed by atoms with Crippen LogP contribution in [0.1, 0.15) is 290 Å². The predicted molar refractivity (Wildman–Crippen MR) is 529 cm³/mol. The molecule has 130 heavy (non-hydrogen) atoms. The maximum absolute atomic E-state index is 14.5. The molecule has 28 nitrogen and oxygen atoms in total. The minimum absolute atomic E-state index is 0.0187. The standard InChI is InChI=1S/C51H98N8O6.C51H97N7O7/c1-14-17-19-39-20-22-40(23-21-39)38-55-46(62)34-41(16-3)47(63)51(6,7)37-42(48(64)54-26-28-59(13)32-30-57(10)11)33-44(60)50(4,5)36-43(49(65)53-24-18-15-2)35-45(61)52-25-27-58(12)31-29-56(8)9;1-14-17-19-39-20-22-40(23-21-39)38-65-46(61)35-41(16-3)47(62)51(6,7)37-42(48(63)54-26-28-58(13)32-30-56(10)11)33-44(59)50(4,5)36-43(49(64)53-24-18-15-2)34-45(60)52-25-27-57(12)31-29-55(8)9/h39-43H,14-38H2,1-13H3,(H,52,61)(H,53,65)(H,54,64)(H,55,62);39-43H,14-38H2,1-13H3,(H,52,60)(H,53,64)(H,54,63). The topological polar surface area (TPSA) is 324 Å². The molecule has 7 amide bonds. The number of ether oxygens (including phenoxy) is 1. The molecular formula is C102H195N15O13. The monoisotopic (exact) mass is 1840 g/mol. The maximum Gasteiger partial charge on any atom is 0.306 e. The van der Waals surface area contributed by atoms with Crippen LogP contribution in [-0.4, -0.2) is 325 Å². The van der Waals surface area contributed by atoms with Crippen LogP contribution in [0.5, 0.6) is 0 Å². The molecule has 2 fully saturated rings. The minimum atomic E-state index is -1.07. The number of likely N-dealkylation sites (N-methyl/N-ethyl adjacent to an activating group) is 8. The average molecular weight is 1840 g/mol. The Morgan fingerprint density at radius 1 is 0.292 bits per heavy atom. The number of rotatable bonds is 72. The SMILES string of the molecule is CCCCNC(=O)C(CC(=O)NCCN(C)CCN(C)C)CC(C)(C)C(=O)CC(CC(C)(C)C(=O)C(CC)CC(=O)NCC1CCC(CCCC)CC1)C(=O)NCCN(C)CCN(C)C.CCCCNC(=O)C(CC(=O)NCCN(C)CCN(C)C)CC(C)(C)C(=O)CC(CC(C)(C)C(=O)C(CC)CC(=O)OCC1CCC(CCCC)CC1)C(=O)NCCN(C)CCN(C)C. The summed E-state index contributed by atoms with van der Waals surface area (Å²) in [4.78, 5) is 183. The van der Waals surface area contributed by atoms with Crippen LogP contribution in [-0.2, 0) is 62.3 Å². The third-order valence-electron chi connectivity index (χ3n) is 27.2. The van der Waals surface area contributed by atoms with Gasteiger partial charge >= 0.3 is 5.97 Å². The van der Waals surface area contributed by atoms with Gasteiger partial charge < -0.3 is 81.2 Å². The second-order valence-corrected chi connectivity index (χ2v) is 42.7. The van der Waals surface area contributed by atoms with Crippen LogP contribution in [0, 0.1) is 80.8 Å². The van der Waals surface area contributed by atoms with Crippen LogP contribution < -0.4 is 37.2 Å². The second-order valence-electron chi connectivity index (χ2n) is 42.7. The molecule has 0 aromatic rings. The summed E-state index contributed by atoms with van der Waals surface area (Å²) in [5.74, 6) is -4.63. The largest absolute Gasteiger partial charge is 0.465 e. The summed E-state index contributed by atoms with van der Waals surface area (Å²) in [6, 6.07) is 0. The highest BCUT2D eigenvalue weighted by Crippen LogP contribution is 2.41. The molecule has 2 saturated carbocycles. The lowest BCUT2D eigenvalue weighted by atomic mass is 9.70. The smallest absolute Gasteiger partial charge is 0.306 e. The number of Topliss-reactive ketones (excluding diaryl/α,β-unsaturated/α-hetero) is 4. The number of nitrogens with one attached hydrogen (secondary N) is 7. The number of hydrogen-bond donors (Lipinski definition) is 7. The highest BCUT2D eigenvalue weighted by molar-refractivity contribution is 5.95. The van der Waals surface area contributed by atoms with Gasteiger partial charge in [0.05, 0.1) is 13.0 Å². The minimum Gasteiger partial charge on any atom is -0.465 e. The van der Waals surface area contributed by atoms with Crippen LogP contribution in [0.2, 0.25) is 0 Å². The molecule has 6 unspecified atom stereocenters. The summed E-state index contributed by atoms with van der Waals surface area (Å²) in [6.07, 6.45) is 21.2. The summed E-state index contributed by atoms with van der Waals surface area (Å²) in [7, 11) is 24.1. The highest BCUT2D eigenvalue weighted by atomic mass is 16.5. The number of ketones is 4. The Morgan fingerprint density at radius 3 is 0.877 bits per heavy atom. The molecule has 0 saturated heterocycles. The Hall–Kier alpha value is -5.88. The van der Waals surface area contributed by atoms with Gasteiger partial charge in [-0.15, -0.1) is 0 Å². The van der Waals surface area contributed by atoms with E-state index in [0.29, 0.717) is 103 Å². The molecule has 0 bridgehead atoms. The molecule has 7 N–H and O–H groups in total. The van der Waals surface area contributed by atoms with Gasteiger partial charge in [0, 0.05) is 214 Å². The van der Waals surface area contributed by atoms with E-state index >= 15 is 0 Å². The van der Waals surface area contributed by atoms with Crippen LogP contribution >= 0.6 is 0 Å². The molecule has 0 aliphatic heterocycles. The van der Waals surface area contributed by atoms with E-state index in [1.807, 2.05) is 126 Å². The van der Waals surface area contributed by atoms with Crippen molar-refractivity contribution in [3.05, 3.63) is 0 Å². The predicted octanol–water partition coefficient (Wildman–Crippen LogP) is 11.7. The summed E-state index contributed by atoms with van der Waals surface area (Å²) in [5, 5.41) is 21.2. The normalized spacial score (nSPS) is 17.2. The maximum atomic E-state index is 14.5. The lowest BCUT2D eigenvalue weighted by Gasteiger charge is -2.33. The molecule has 28 heteroatoms. The van der Waals surface area contributed by atoms with E-state index in [2.05, 4.69) is 90.3 Å². The molecule has 0 radical (unpaired) electrons. The first-order valence-corrected chi connectivity index (χ1v) is 50.6. The zero-order valence-electron chi connectivity index (χ0n) is 87.5. The molecule has 0 aromatic carbocycles. The summed E-state index contributed by atoms with van der Waals surface area (Å²) in [5.41, 5.74) is -4.17. The first-order valence-electron chi connectivity index (χ1n) is 50.6. The van der Waals surface area contributed by atoms with Gasteiger partial charge in [0.15, 0.2) is 0 Å². The van der Waals surface area contributed by atoms with E-state index in [4.69, 9.17) is 4.74 Å². The molecule has 2 rings (SSSR count). The number of unbranched alkanes of at least 4 members (excludes halogenated alkanes) is 4. The number of nitrogens with zero attached hydrogens (tertiary/aromatic N) is 8. The Kier molecular flexibility index (Phi) is 62.5. The van der Waals surface area contributed by atoms with Crippen molar-refractivity contribution in [2.45, 2.75) is 290 Å². The Morgan fingerprint density at radius 2 is 0.562 bits per heavy atom. The average Bonchev–Trinajstić information content (AvgIpc) is 0.818. The van der Waals surface area contributed by atoms with Crippen molar-refractivity contribution < 1.29 is 62.3 Å². The van der Waals surface area contributed by atoms with E-state index in [0.717, 1.165) is 116 Å². The zero-order chi connectivity index (χ0) is 98.3. The molecule has 6 atom stereocenters. The fourth-order valence-electron chi connectivity index (χ4n) is 17.7. The molecule has 0 aromatic heterocycles. The van der Waals surface area contributed by atoms with Crippen molar-refractivity contribution >= 4 is 70.5 Å². The van der Waals surface area contributed by atoms with Gasteiger partial charge in [0.1, 0.15) is 23.1 Å². The first kappa shape index (κ1) is 122. The lowest BCUT2D eigenvalue weighted by molar-refractivity contribution is -0.150. The Balaban J connectivity index is 0.00000130. The zero-order valence-corrected chi connectivity index (χ0v) is 87.5. The van der Waals surface area contributed by atoms with Crippen molar-refractivity contribution in [3.8, 4) is 0 Å². The van der Waals surface area contributed by atoms with Crippen molar-refractivity contribution in [2.24, 2.45) is 80.8 Å². The Labute approximate surface area is 791 Å². The molecule has 0 heterocycles. The van der Waals surface area contributed by atoms with Crippen LogP contribution in [0.4, 0.5) is 0 Å². The van der Waals surface area contributed by atoms with Gasteiger partial charge in [-0.25, -0.2) is 0 Å². The molecule has 2 aliphatic carbocycles. The van der Waals surface area contributed by atoms with Crippen molar-refractivity contribution in [2.75, 3.05) is 216 Å². The van der Waals surface area contributed by atoms with E-state index in [1.165, 1.54) is 64.2 Å². The van der Waals surface area contributed by atoms with Crippen LogP contribution in [0.25, 0.3) is 0 Å². The van der Waals surface area contributed by atoms with Gasteiger partial charge in [-0.1, -0.05) is 174 Å². The number of amides is 7. The lowest BCUT2D eigenvalue weighted by Crippen LogP contribution is -2.44. The van der Waals surface area contributed by atoms with E-state index in [-0.39, 0.29) is 135 Å². The number of esters is 1. The van der Waals surface area contributed by atoms with Gasteiger partial charge in [-0.2, -0.15) is 0 Å². The van der Waals surface area contributed by atoms with Gasteiger partial charge in [-0.05, 0) is 185 Å². The molecule has 0 spiro atoms. The fourth-order valence-corrected chi connectivity index (χ4v) is 17.7. The summed E-state index contributed by atoms with van der Waals surface area (Å²) >= 11 is 0.